The maximum atomic E-state index is 10.2. The molecule has 0 spiro atoms. The number of aliphatic hydroxyl groups is 1. The predicted molar refractivity (Wildman–Crippen MR) is 69.7 cm³/mol. The van der Waals surface area contributed by atoms with Crippen LogP contribution < -0.4 is 0 Å². The fourth-order valence-corrected chi connectivity index (χ4v) is 1.93. The van der Waals surface area contributed by atoms with E-state index >= 15 is 0 Å². The molecule has 1 aromatic carbocycles. The summed E-state index contributed by atoms with van der Waals surface area (Å²) in [6.45, 7) is 8.49. The van der Waals surface area contributed by atoms with Crippen molar-refractivity contribution < 1.29 is 5.11 Å². The molecule has 0 saturated carbocycles. The van der Waals surface area contributed by atoms with Crippen molar-refractivity contribution in [2.75, 3.05) is 0 Å². The fraction of sp³-hybridized carbons (Fsp3) is 0.600. The molecule has 0 fully saturated rings. The zero-order chi connectivity index (χ0) is 12.2. The van der Waals surface area contributed by atoms with E-state index in [1.165, 1.54) is 11.1 Å². The topological polar surface area (TPSA) is 20.2 Å². The van der Waals surface area contributed by atoms with Crippen LogP contribution in [0, 0.1) is 6.92 Å². The van der Waals surface area contributed by atoms with Gasteiger partial charge < -0.3 is 5.11 Å². The van der Waals surface area contributed by atoms with Gasteiger partial charge in [0.05, 0.1) is 6.10 Å². The summed E-state index contributed by atoms with van der Waals surface area (Å²) in [5, 5.41) is 10.2. The number of benzene rings is 1. The Morgan fingerprint density at radius 2 is 1.75 bits per heavy atom. The summed E-state index contributed by atoms with van der Waals surface area (Å²) >= 11 is 0. The van der Waals surface area contributed by atoms with Crippen LogP contribution in [0.25, 0.3) is 0 Å². The average Bonchev–Trinajstić information content (AvgIpc) is 2.26. The van der Waals surface area contributed by atoms with E-state index in [1.54, 1.807) is 0 Å². The van der Waals surface area contributed by atoms with Gasteiger partial charge in [0.1, 0.15) is 0 Å². The maximum absolute atomic E-state index is 10.2. The van der Waals surface area contributed by atoms with E-state index in [0.29, 0.717) is 0 Å². The highest BCUT2D eigenvalue weighted by Gasteiger charge is 2.28. The molecular weight excluding hydrogens is 196 g/mol. The monoisotopic (exact) mass is 220 g/mol. The van der Waals surface area contributed by atoms with Gasteiger partial charge in [0.15, 0.2) is 0 Å². The highest BCUT2D eigenvalue weighted by atomic mass is 16.3. The van der Waals surface area contributed by atoms with Crippen molar-refractivity contribution in [2.45, 2.75) is 58.5 Å². The van der Waals surface area contributed by atoms with Gasteiger partial charge in [-0.15, -0.1) is 0 Å². The molecule has 1 rings (SSSR count). The number of hydrogen-bond donors (Lipinski definition) is 1. The lowest BCUT2D eigenvalue weighted by Crippen LogP contribution is -2.33. The van der Waals surface area contributed by atoms with E-state index in [1.807, 2.05) is 0 Å². The van der Waals surface area contributed by atoms with Crippen molar-refractivity contribution in [3.8, 4) is 0 Å². The summed E-state index contributed by atoms with van der Waals surface area (Å²) in [4.78, 5) is 0. The third-order valence-corrected chi connectivity index (χ3v) is 3.46. The standard InChI is InChI=1S/C15H24O/c1-5-6-7-14(16)15(3,4)13-10-8-12(2)9-11-13/h8-11,14,16H,5-7H2,1-4H3. The van der Waals surface area contributed by atoms with Crippen LogP contribution in [0.2, 0.25) is 0 Å². The molecule has 0 bridgehead atoms. The summed E-state index contributed by atoms with van der Waals surface area (Å²) in [5.74, 6) is 0. The molecule has 0 aliphatic heterocycles. The summed E-state index contributed by atoms with van der Waals surface area (Å²) in [6.07, 6.45) is 2.87. The Kier molecular flexibility index (Phi) is 4.55. The molecule has 0 amide bonds. The second kappa shape index (κ2) is 5.49. The van der Waals surface area contributed by atoms with Crippen LogP contribution in [-0.2, 0) is 5.41 Å². The van der Waals surface area contributed by atoms with E-state index in [2.05, 4.69) is 52.0 Å². The van der Waals surface area contributed by atoms with Gasteiger partial charge in [-0.3, -0.25) is 0 Å². The molecular formula is C15H24O. The van der Waals surface area contributed by atoms with E-state index in [9.17, 15) is 5.11 Å². The minimum Gasteiger partial charge on any atom is -0.392 e. The molecule has 1 heteroatoms. The SMILES string of the molecule is CCCCC(O)C(C)(C)c1ccc(C)cc1. The van der Waals surface area contributed by atoms with Crippen LogP contribution in [0.3, 0.4) is 0 Å². The van der Waals surface area contributed by atoms with Crippen molar-refractivity contribution in [2.24, 2.45) is 0 Å². The lowest BCUT2D eigenvalue weighted by molar-refractivity contribution is 0.0890. The predicted octanol–water partition coefficient (Wildman–Crippen LogP) is 3.82. The van der Waals surface area contributed by atoms with Crippen LogP contribution in [0.1, 0.15) is 51.2 Å². The van der Waals surface area contributed by atoms with Gasteiger partial charge in [0.25, 0.3) is 0 Å². The zero-order valence-electron chi connectivity index (χ0n) is 11.0. The lowest BCUT2D eigenvalue weighted by atomic mass is 9.77. The van der Waals surface area contributed by atoms with Gasteiger partial charge in [-0.25, -0.2) is 0 Å². The summed E-state index contributed by atoms with van der Waals surface area (Å²) in [7, 11) is 0. The smallest absolute Gasteiger partial charge is 0.0631 e. The molecule has 1 unspecified atom stereocenters. The van der Waals surface area contributed by atoms with Crippen molar-refractivity contribution >= 4 is 0 Å². The Morgan fingerprint density at radius 1 is 1.19 bits per heavy atom. The molecule has 0 heterocycles. The van der Waals surface area contributed by atoms with Crippen molar-refractivity contribution in [3.63, 3.8) is 0 Å². The van der Waals surface area contributed by atoms with Crippen LogP contribution in [-0.4, -0.2) is 11.2 Å². The highest BCUT2D eigenvalue weighted by molar-refractivity contribution is 5.28. The Balaban J connectivity index is 2.79. The number of aliphatic hydroxyl groups excluding tert-OH is 1. The molecule has 0 radical (unpaired) electrons. The Bertz CT molecular complexity index is 311. The molecule has 0 aromatic heterocycles. The molecule has 1 aromatic rings. The molecule has 1 atom stereocenters. The largest absolute Gasteiger partial charge is 0.392 e. The minimum atomic E-state index is -0.254. The highest BCUT2D eigenvalue weighted by Crippen LogP contribution is 2.29. The van der Waals surface area contributed by atoms with Gasteiger partial charge >= 0.3 is 0 Å². The first-order chi connectivity index (χ1) is 7.48. The summed E-state index contributed by atoms with van der Waals surface area (Å²) < 4.78 is 0. The van der Waals surface area contributed by atoms with Gasteiger partial charge in [0.2, 0.25) is 0 Å². The van der Waals surface area contributed by atoms with Crippen molar-refractivity contribution in [3.05, 3.63) is 35.4 Å². The van der Waals surface area contributed by atoms with Gasteiger partial charge in [-0.2, -0.15) is 0 Å². The second-order valence-corrected chi connectivity index (χ2v) is 5.25. The number of unbranched alkanes of at least 4 members (excludes halogenated alkanes) is 1. The second-order valence-electron chi connectivity index (χ2n) is 5.25. The average molecular weight is 220 g/mol. The van der Waals surface area contributed by atoms with Gasteiger partial charge in [0, 0.05) is 5.41 Å². The summed E-state index contributed by atoms with van der Waals surface area (Å²) in [5.41, 5.74) is 2.34. The Morgan fingerprint density at radius 3 is 2.25 bits per heavy atom. The molecule has 16 heavy (non-hydrogen) atoms. The fourth-order valence-electron chi connectivity index (χ4n) is 1.93. The third kappa shape index (κ3) is 3.08. The minimum absolute atomic E-state index is 0.150. The van der Waals surface area contributed by atoms with Crippen LogP contribution in [0.5, 0.6) is 0 Å². The van der Waals surface area contributed by atoms with Crippen LogP contribution in [0.15, 0.2) is 24.3 Å². The van der Waals surface area contributed by atoms with Gasteiger partial charge in [-0.05, 0) is 18.9 Å². The molecule has 1 nitrogen and oxygen atoms in total. The first-order valence-corrected chi connectivity index (χ1v) is 6.23. The van der Waals surface area contributed by atoms with Gasteiger partial charge in [-0.1, -0.05) is 63.4 Å². The first-order valence-electron chi connectivity index (χ1n) is 6.23. The zero-order valence-corrected chi connectivity index (χ0v) is 11.0. The van der Waals surface area contributed by atoms with E-state index < -0.39 is 0 Å². The molecule has 0 aliphatic carbocycles. The van der Waals surface area contributed by atoms with E-state index in [4.69, 9.17) is 0 Å². The molecule has 1 N–H and O–H groups in total. The number of rotatable bonds is 5. The maximum Gasteiger partial charge on any atom is 0.0631 e. The number of hydrogen-bond acceptors (Lipinski definition) is 1. The normalized spacial score (nSPS) is 13.8. The Hall–Kier alpha value is -0.820. The van der Waals surface area contributed by atoms with E-state index in [0.717, 1.165) is 19.3 Å². The first kappa shape index (κ1) is 13.2. The van der Waals surface area contributed by atoms with Crippen molar-refractivity contribution in [1.29, 1.82) is 0 Å². The number of aryl methyl sites for hydroxylation is 1. The van der Waals surface area contributed by atoms with E-state index in [-0.39, 0.29) is 11.5 Å². The van der Waals surface area contributed by atoms with Crippen LogP contribution >= 0.6 is 0 Å². The quantitative estimate of drug-likeness (QED) is 0.799. The summed E-state index contributed by atoms with van der Waals surface area (Å²) in [6, 6.07) is 8.49. The molecule has 0 aliphatic rings. The van der Waals surface area contributed by atoms with Crippen molar-refractivity contribution in [1.82, 2.24) is 0 Å². The third-order valence-electron chi connectivity index (χ3n) is 3.46. The molecule has 0 saturated heterocycles. The molecule has 90 valence electrons. The van der Waals surface area contributed by atoms with Crippen LogP contribution in [0.4, 0.5) is 0 Å². The Labute approximate surface area is 99.5 Å². The lowest BCUT2D eigenvalue weighted by Gasteiger charge is -2.31.